The number of hydrogen-bond acceptors (Lipinski definition) is 4. The number of sulfonamides is 1. The van der Waals surface area contributed by atoms with Crippen LogP contribution < -0.4 is 5.32 Å². The molecule has 2 aromatic carbocycles. The smallest absolute Gasteiger partial charge is 0.221 e. The van der Waals surface area contributed by atoms with Crippen LogP contribution in [0, 0.1) is 11.6 Å². The molecule has 2 aliphatic heterocycles. The predicted octanol–water partition coefficient (Wildman–Crippen LogP) is 3.86. The van der Waals surface area contributed by atoms with Gasteiger partial charge in [0.1, 0.15) is 16.9 Å². The van der Waals surface area contributed by atoms with Gasteiger partial charge in [-0.2, -0.15) is 4.31 Å². The monoisotopic (exact) mass is 450 g/mol. The lowest BCUT2D eigenvalue weighted by Crippen LogP contribution is -2.58. The Morgan fingerprint density at radius 2 is 1.84 bits per heavy atom. The van der Waals surface area contributed by atoms with Crippen molar-refractivity contribution < 1.29 is 21.9 Å². The molecule has 2 atom stereocenters. The fourth-order valence-electron chi connectivity index (χ4n) is 4.59. The molecule has 5 nitrogen and oxygen atoms in total. The van der Waals surface area contributed by atoms with Gasteiger partial charge in [-0.05, 0) is 44.0 Å². The molecule has 2 fully saturated rings. The van der Waals surface area contributed by atoms with Crippen LogP contribution in [0.3, 0.4) is 0 Å². The molecule has 0 saturated carbocycles. The van der Waals surface area contributed by atoms with Crippen molar-refractivity contribution in [3.05, 3.63) is 70.8 Å². The normalized spacial score (nSPS) is 25.2. The van der Waals surface area contributed by atoms with Crippen LogP contribution in [-0.4, -0.2) is 38.5 Å². The van der Waals surface area contributed by atoms with Gasteiger partial charge in [-0.15, -0.1) is 0 Å². The molecule has 2 heterocycles. The second-order valence-corrected chi connectivity index (χ2v) is 10.5. The maximum Gasteiger partial charge on any atom is 0.221 e. The summed E-state index contributed by atoms with van der Waals surface area (Å²) in [6, 6.07) is 11.1. The predicted molar refractivity (Wildman–Crippen MR) is 115 cm³/mol. The molecule has 4 rings (SSSR count). The highest BCUT2D eigenvalue weighted by Crippen LogP contribution is 2.39. The minimum Gasteiger partial charge on any atom is -0.377 e. The Kier molecular flexibility index (Phi) is 6.18. The summed E-state index contributed by atoms with van der Waals surface area (Å²) in [4.78, 5) is 0. The molecule has 0 aliphatic carbocycles. The number of rotatable bonds is 6. The summed E-state index contributed by atoms with van der Waals surface area (Å²) in [6.07, 6.45) is 1.16. The number of benzene rings is 2. The van der Waals surface area contributed by atoms with Crippen molar-refractivity contribution in [1.82, 2.24) is 9.62 Å². The van der Waals surface area contributed by atoms with E-state index < -0.39 is 32.4 Å². The van der Waals surface area contributed by atoms with Crippen LogP contribution in [0.4, 0.5) is 8.78 Å². The summed E-state index contributed by atoms with van der Waals surface area (Å²) in [5.74, 6) is -1.16. The van der Waals surface area contributed by atoms with E-state index in [0.717, 1.165) is 11.6 Å². The van der Waals surface area contributed by atoms with Crippen LogP contribution in [0.1, 0.15) is 48.6 Å². The minimum atomic E-state index is -3.72. The summed E-state index contributed by atoms with van der Waals surface area (Å²) >= 11 is 0. The van der Waals surface area contributed by atoms with Gasteiger partial charge in [0.05, 0.1) is 18.8 Å². The van der Waals surface area contributed by atoms with Crippen LogP contribution in [0.15, 0.2) is 42.5 Å². The highest BCUT2D eigenvalue weighted by Gasteiger charge is 2.43. The van der Waals surface area contributed by atoms with E-state index in [-0.39, 0.29) is 36.9 Å². The molecule has 2 aliphatic rings. The highest BCUT2D eigenvalue weighted by molar-refractivity contribution is 7.89. The lowest BCUT2D eigenvalue weighted by atomic mass is 9.86. The number of hydrogen-bond donors (Lipinski definition) is 1. The molecular weight excluding hydrogens is 422 g/mol. The van der Waals surface area contributed by atoms with E-state index in [1.165, 1.54) is 10.4 Å². The zero-order valence-corrected chi connectivity index (χ0v) is 18.6. The Bertz CT molecular complexity index is 1040. The molecule has 1 N–H and O–H groups in total. The summed E-state index contributed by atoms with van der Waals surface area (Å²) in [6.45, 7) is 4.65. The van der Waals surface area contributed by atoms with Gasteiger partial charge in [0.15, 0.2) is 0 Å². The van der Waals surface area contributed by atoms with Crippen molar-refractivity contribution in [3.8, 4) is 0 Å². The SMILES string of the molecule is CCNC1(c2cc(F)c(CN3[C@@H](C)CC[C@H](c4ccccc4)S3(=O)=O)cc2F)COC1. The molecule has 0 amide bonds. The number of halogens is 2. The first-order valence-corrected chi connectivity index (χ1v) is 12.2. The fourth-order valence-corrected chi connectivity index (χ4v) is 6.78. The van der Waals surface area contributed by atoms with Gasteiger partial charge in [-0.1, -0.05) is 37.3 Å². The van der Waals surface area contributed by atoms with Crippen LogP contribution in [0.2, 0.25) is 0 Å². The molecule has 2 saturated heterocycles. The molecule has 0 aromatic heterocycles. The Balaban J connectivity index is 1.64. The minimum absolute atomic E-state index is 0.0391. The van der Waals surface area contributed by atoms with Gasteiger partial charge in [0.2, 0.25) is 10.0 Å². The van der Waals surface area contributed by atoms with Crippen LogP contribution >= 0.6 is 0 Å². The van der Waals surface area contributed by atoms with E-state index >= 15 is 8.78 Å². The largest absolute Gasteiger partial charge is 0.377 e. The average Bonchev–Trinajstić information content (AvgIpc) is 2.71. The van der Waals surface area contributed by atoms with Crippen LogP contribution in [-0.2, 0) is 26.8 Å². The lowest BCUT2D eigenvalue weighted by molar-refractivity contribution is -0.0794. The molecular formula is C23H28F2N2O3S. The Morgan fingerprint density at radius 1 is 1.13 bits per heavy atom. The van der Waals surface area contributed by atoms with E-state index in [1.54, 1.807) is 12.1 Å². The zero-order chi connectivity index (χ0) is 22.2. The summed E-state index contributed by atoms with van der Waals surface area (Å²) in [5, 5.41) is 2.51. The van der Waals surface area contributed by atoms with Crippen molar-refractivity contribution in [2.45, 2.75) is 50.1 Å². The van der Waals surface area contributed by atoms with Crippen molar-refractivity contribution in [2.75, 3.05) is 19.8 Å². The Labute approximate surface area is 182 Å². The van der Waals surface area contributed by atoms with Gasteiger partial charge in [0, 0.05) is 23.7 Å². The number of ether oxygens (including phenoxy) is 1. The van der Waals surface area contributed by atoms with Gasteiger partial charge in [0.25, 0.3) is 0 Å². The first-order valence-electron chi connectivity index (χ1n) is 10.7. The van der Waals surface area contributed by atoms with Crippen molar-refractivity contribution in [1.29, 1.82) is 0 Å². The van der Waals surface area contributed by atoms with Crippen LogP contribution in [0.5, 0.6) is 0 Å². The maximum absolute atomic E-state index is 15.1. The Morgan fingerprint density at radius 3 is 2.45 bits per heavy atom. The quantitative estimate of drug-likeness (QED) is 0.726. The molecule has 0 radical (unpaired) electrons. The number of likely N-dealkylation sites (N-methyl/N-ethyl adjacent to an activating group) is 1. The van der Waals surface area contributed by atoms with Gasteiger partial charge in [-0.3, -0.25) is 0 Å². The molecule has 31 heavy (non-hydrogen) atoms. The molecule has 168 valence electrons. The van der Waals surface area contributed by atoms with Gasteiger partial charge < -0.3 is 10.1 Å². The van der Waals surface area contributed by atoms with E-state index in [0.29, 0.717) is 19.4 Å². The van der Waals surface area contributed by atoms with E-state index in [4.69, 9.17) is 4.74 Å². The first-order chi connectivity index (χ1) is 14.8. The van der Waals surface area contributed by atoms with Gasteiger partial charge >= 0.3 is 0 Å². The number of nitrogens with one attached hydrogen (secondary N) is 1. The third-order valence-corrected chi connectivity index (χ3v) is 8.76. The second-order valence-electron chi connectivity index (χ2n) is 8.44. The highest BCUT2D eigenvalue weighted by atomic mass is 32.2. The lowest BCUT2D eigenvalue weighted by Gasteiger charge is -2.43. The number of nitrogens with zero attached hydrogens (tertiary/aromatic N) is 1. The second kappa shape index (κ2) is 8.58. The van der Waals surface area contributed by atoms with E-state index in [2.05, 4.69) is 5.32 Å². The first kappa shape index (κ1) is 22.3. The van der Waals surface area contributed by atoms with Crippen molar-refractivity contribution >= 4 is 10.0 Å². The third kappa shape index (κ3) is 4.02. The topological polar surface area (TPSA) is 58.6 Å². The molecule has 0 bridgehead atoms. The van der Waals surface area contributed by atoms with Crippen LogP contribution in [0.25, 0.3) is 0 Å². The summed E-state index contributed by atoms with van der Waals surface area (Å²) in [7, 11) is -3.72. The van der Waals surface area contributed by atoms with Crippen molar-refractivity contribution in [3.63, 3.8) is 0 Å². The standard InChI is InChI=1S/C23H28F2N2O3S/c1-3-26-23(14-30-15-23)19-12-20(24)18(11-21(19)25)13-27-16(2)9-10-22(31(27,28)29)17-7-5-4-6-8-17/h4-8,11-12,16,22,26H,3,9-10,13-15H2,1-2H3/t16-,22+/m0/s1. The fraction of sp³-hybridized carbons (Fsp3) is 0.478. The summed E-state index contributed by atoms with van der Waals surface area (Å²) in [5.41, 5.74) is 0.246. The maximum atomic E-state index is 15.1. The molecule has 0 unspecified atom stereocenters. The van der Waals surface area contributed by atoms with E-state index in [9.17, 15) is 8.42 Å². The Hall–Kier alpha value is -1.87. The third-order valence-electron chi connectivity index (χ3n) is 6.39. The molecule has 8 heteroatoms. The van der Waals surface area contributed by atoms with E-state index in [1.807, 2.05) is 32.0 Å². The van der Waals surface area contributed by atoms with Gasteiger partial charge in [-0.25, -0.2) is 17.2 Å². The zero-order valence-electron chi connectivity index (χ0n) is 17.8. The molecule has 0 spiro atoms. The van der Waals surface area contributed by atoms with Crippen molar-refractivity contribution in [2.24, 2.45) is 0 Å². The average molecular weight is 451 g/mol. The summed E-state index contributed by atoms with van der Waals surface area (Å²) < 4.78 is 63.4. The molecule has 2 aromatic rings.